The third kappa shape index (κ3) is 4.17. The van der Waals surface area contributed by atoms with Crippen LogP contribution < -0.4 is 5.32 Å². The Bertz CT molecular complexity index is 811. The zero-order chi connectivity index (χ0) is 17.6. The zero-order valence-corrected chi connectivity index (χ0v) is 14.1. The van der Waals surface area contributed by atoms with Crippen molar-refractivity contribution < 1.29 is 14.3 Å². The third-order valence-corrected chi connectivity index (χ3v) is 4.09. The molecule has 2 unspecified atom stereocenters. The topological polar surface area (TPSA) is 62.5 Å². The van der Waals surface area contributed by atoms with E-state index < -0.39 is 6.10 Å². The molecule has 0 saturated heterocycles. The predicted octanol–water partition coefficient (Wildman–Crippen LogP) is 4.19. The molecule has 0 bridgehead atoms. The van der Waals surface area contributed by atoms with E-state index in [1.165, 1.54) is 6.26 Å². The quantitative estimate of drug-likeness (QED) is 0.710. The molecule has 2 atom stereocenters. The van der Waals surface area contributed by atoms with Gasteiger partial charge in [0.1, 0.15) is 0 Å². The molecular weight excluding hydrogens is 314 g/mol. The number of aliphatic hydroxyl groups excluding tert-OH is 1. The monoisotopic (exact) mass is 335 g/mol. The molecular formula is C21H21NO3. The maximum Gasteiger partial charge on any atom is 0.287 e. The fraction of sp³-hybridized carbons (Fsp3) is 0.190. The average molecular weight is 335 g/mol. The summed E-state index contributed by atoms with van der Waals surface area (Å²) < 4.78 is 5.40. The van der Waals surface area contributed by atoms with E-state index >= 15 is 0 Å². The summed E-state index contributed by atoms with van der Waals surface area (Å²) in [6.07, 6.45) is 1.32. The van der Waals surface area contributed by atoms with Gasteiger partial charge in [0.2, 0.25) is 0 Å². The van der Waals surface area contributed by atoms with Crippen LogP contribution in [0.25, 0.3) is 11.1 Å². The van der Waals surface area contributed by atoms with Crippen LogP contribution in [0, 0.1) is 0 Å². The standard InChI is InChI=1S/C21H21NO3/c1-15(14-19(23)17-10-6-3-7-11-17)22-21(24)20-18(12-13-25-20)16-8-4-2-5-9-16/h2-13,15,19,23H,14H2,1H3,(H,22,24). The maximum atomic E-state index is 12.5. The number of rotatable bonds is 6. The molecule has 0 aliphatic carbocycles. The maximum absolute atomic E-state index is 12.5. The van der Waals surface area contributed by atoms with Crippen molar-refractivity contribution in [3.63, 3.8) is 0 Å². The van der Waals surface area contributed by atoms with Crippen LogP contribution in [0.1, 0.15) is 35.6 Å². The number of carbonyl (C=O) groups excluding carboxylic acids is 1. The molecule has 0 radical (unpaired) electrons. The summed E-state index contributed by atoms with van der Waals surface area (Å²) in [5.41, 5.74) is 2.53. The number of nitrogens with one attached hydrogen (secondary N) is 1. The molecule has 1 aromatic heterocycles. The summed E-state index contributed by atoms with van der Waals surface area (Å²) in [5.74, 6) is 0.00358. The van der Waals surface area contributed by atoms with Gasteiger partial charge in [-0.2, -0.15) is 0 Å². The average Bonchev–Trinajstić information content (AvgIpc) is 3.13. The summed E-state index contributed by atoms with van der Waals surface area (Å²) in [6.45, 7) is 1.87. The van der Waals surface area contributed by atoms with Crippen LogP contribution in [-0.2, 0) is 0 Å². The van der Waals surface area contributed by atoms with Crippen LogP contribution in [0.5, 0.6) is 0 Å². The zero-order valence-electron chi connectivity index (χ0n) is 14.1. The molecule has 2 N–H and O–H groups in total. The SMILES string of the molecule is CC(CC(O)c1ccccc1)NC(=O)c1occc1-c1ccccc1. The lowest BCUT2D eigenvalue weighted by molar-refractivity contribution is 0.0890. The van der Waals surface area contributed by atoms with Gasteiger partial charge in [-0.25, -0.2) is 0 Å². The Kier molecular flexibility index (Phi) is 5.31. The highest BCUT2D eigenvalue weighted by Gasteiger charge is 2.20. The van der Waals surface area contributed by atoms with Gasteiger partial charge in [-0.3, -0.25) is 4.79 Å². The summed E-state index contributed by atoms with van der Waals surface area (Å²) in [5, 5.41) is 13.2. The minimum absolute atomic E-state index is 0.198. The first-order valence-corrected chi connectivity index (χ1v) is 8.32. The smallest absolute Gasteiger partial charge is 0.287 e. The molecule has 128 valence electrons. The molecule has 0 aliphatic heterocycles. The molecule has 2 aromatic carbocycles. The number of carbonyl (C=O) groups is 1. The minimum atomic E-state index is -0.623. The van der Waals surface area contributed by atoms with Crippen LogP contribution in [-0.4, -0.2) is 17.1 Å². The highest BCUT2D eigenvalue weighted by molar-refractivity contribution is 5.98. The second-order valence-corrected chi connectivity index (χ2v) is 6.07. The van der Waals surface area contributed by atoms with Gasteiger partial charge in [0.15, 0.2) is 5.76 Å². The second-order valence-electron chi connectivity index (χ2n) is 6.07. The van der Waals surface area contributed by atoms with Crippen molar-refractivity contribution >= 4 is 5.91 Å². The molecule has 0 fully saturated rings. The van der Waals surface area contributed by atoms with Gasteiger partial charge < -0.3 is 14.8 Å². The van der Waals surface area contributed by atoms with Gasteiger partial charge in [-0.15, -0.1) is 0 Å². The Balaban J connectivity index is 1.66. The van der Waals surface area contributed by atoms with E-state index in [4.69, 9.17) is 4.42 Å². The summed E-state index contributed by atoms with van der Waals surface area (Å²) in [4.78, 5) is 12.5. The van der Waals surface area contributed by atoms with E-state index in [-0.39, 0.29) is 17.7 Å². The van der Waals surface area contributed by atoms with Crippen molar-refractivity contribution in [2.45, 2.75) is 25.5 Å². The van der Waals surface area contributed by atoms with Crippen LogP contribution in [0.15, 0.2) is 77.4 Å². The van der Waals surface area contributed by atoms with Crippen molar-refractivity contribution in [3.8, 4) is 11.1 Å². The van der Waals surface area contributed by atoms with E-state index in [2.05, 4.69) is 5.32 Å². The van der Waals surface area contributed by atoms with Crippen molar-refractivity contribution in [1.82, 2.24) is 5.32 Å². The first kappa shape index (κ1) is 17.0. The molecule has 0 aliphatic rings. The van der Waals surface area contributed by atoms with Crippen LogP contribution in [0.3, 0.4) is 0 Å². The number of furan rings is 1. The van der Waals surface area contributed by atoms with Crippen molar-refractivity contribution in [3.05, 3.63) is 84.3 Å². The summed E-state index contributed by atoms with van der Waals surface area (Å²) in [7, 11) is 0. The summed E-state index contributed by atoms with van der Waals surface area (Å²) >= 11 is 0. The Hall–Kier alpha value is -2.85. The van der Waals surface area contributed by atoms with Crippen molar-refractivity contribution in [2.75, 3.05) is 0 Å². The number of hydrogen-bond acceptors (Lipinski definition) is 3. The minimum Gasteiger partial charge on any atom is -0.459 e. The van der Waals surface area contributed by atoms with Crippen LogP contribution >= 0.6 is 0 Å². The normalized spacial score (nSPS) is 13.2. The first-order valence-electron chi connectivity index (χ1n) is 8.32. The Morgan fingerprint density at radius 3 is 2.36 bits per heavy atom. The fourth-order valence-electron chi connectivity index (χ4n) is 2.82. The van der Waals surface area contributed by atoms with E-state index in [1.54, 1.807) is 6.07 Å². The van der Waals surface area contributed by atoms with E-state index in [0.717, 1.165) is 16.7 Å². The lowest BCUT2D eigenvalue weighted by Gasteiger charge is -2.18. The molecule has 1 heterocycles. The number of amides is 1. The van der Waals surface area contributed by atoms with Crippen LogP contribution in [0.4, 0.5) is 0 Å². The molecule has 3 aromatic rings. The fourth-order valence-corrected chi connectivity index (χ4v) is 2.82. The van der Waals surface area contributed by atoms with Crippen molar-refractivity contribution in [1.29, 1.82) is 0 Å². The third-order valence-electron chi connectivity index (χ3n) is 4.09. The van der Waals surface area contributed by atoms with Gasteiger partial charge in [0.25, 0.3) is 5.91 Å². The molecule has 4 heteroatoms. The summed E-state index contributed by atoms with van der Waals surface area (Å²) in [6, 6.07) is 20.6. The molecule has 1 amide bonds. The highest BCUT2D eigenvalue weighted by Crippen LogP contribution is 2.25. The Morgan fingerprint density at radius 2 is 1.68 bits per heavy atom. The first-order chi connectivity index (χ1) is 12.1. The van der Waals surface area contributed by atoms with Gasteiger partial charge in [-0.1, -0.05) is 60.7 Å². The van der Waals surface area contributed by atoms with E-state index in [1.807, 2.05) is 67.6 Å². The lowest BCUT2D eigenvalue weighted by atomic mass is 10.0. The highest BCUT2D eigenvalue weighted by atomic mass is 16.3. The van der Waals surface area contributed by atoms with E-state index in [9.17, 15) is 9.90 Å². The van der Waals surface area contributed by atoms with Gasteiger partial charge in [0, 0.05) is 11.6 Å². The number of hydrogen-bond donors (Lipinski definition) is 2. The molecule has 4 nitrogen and oxygen atoms in total. The Labute approximate surface area is 147 Å². The van der Waals surface area contributed by atoms with Gasteiger partial charge >= 0.3 is 0 Å². The molecule has 25 heavy (non-hydrogen) atoms. The Morgan fingerprint density at radius 1 is 1.04 bits per heavy atom. The molecule has 0 spiro atoms. The van der Waals surface area contributed by atoms with Crippen LogP contribution in [0.2, 0.25) is 0 Å². The lowest BCUT2D eigenvalue weighted by Crippen LogP contribution is -2.33. The van der Waals surface area contributed by atoms with E-state index in [0.29, 0.717) is 6.42 Å². The molecule has 0 saturated carbocycles. The number of benzene rings is 2. The van der Waals surface area contributed by atoms with Gasteiger partial charge in [-0.05, 0) is 30.5 Å². The number of aliphatic hydroxyl groups is 1. The second kappa shape index (κ2) is 7.81. The van der Waals surface area contributed by atoms with Crippen molar-refractivity contribution in [2.24, 2.45) is 0 Å². The predicted molar refractivity (Wildman–Crippen MR) is 97.1 cm³/mol. The largest absolute Gasteiger partial charge is 0.459 e. The molecule has 3 rings (SSSR count). The van der Waals surface area contributed by atoms with Gasteiger partial charge in [0.05, 0.1) is 12.4 Å².